The smallest absolute Gasteiger partial charge is 0.265 e. The minimum Gasteiger partial charge on any atom is -0.482 e. The molecule has 6 heteroatoms. The Bertz CT molecular complexity index is 845. The van der Waals surface area contributed by atoms with Crippen molar-refractivity contribution in [3.05, 3.63) is 54.1 Å². The monoisotopic (exact) mass is 365 g/mol. The molecule has 2 aliphatic rings. The van der Waals surface area contributed by atoms with Crippen LogP contribution in [-0.2, 0) is 9.59 Å². The molecule has 0 saturated carbocycles. The molecule has 1 saturated heterocycles. The number of anilines is 2. The van der Waals surface area contributed by atoms with Crippen molar-refractivity contribution in [3.8, 4) is 5.75 Å². The predicted octanol–water partition coefficient (Wildman–Crippen LogP) is 2.07. The van der Waals surface area contributed by atoms with Gasteiger partial charge in [-0.15, -0.1) is 0 Å². The first kappa shape index (κ1) is 17.4. The maximum Gasteiger partial charge on any atom is 0.265 e. The minimum atomic E-state index is -0.178. The molecule has 2 heterocycles. The second kappa shape index (κ2) is 7.31. The second-order valence-corrected chi connectivity index (χ2v) is 6.94. The highest BCUT2D eigenvalue weighted by Gasteiger charge is 2.30. The number of fused-ring (bicyclic) bond motifs is 1. The Morgan fingerprint density at radius 2 is 1.78 bits per heavy atom. The van der Waals surface area contributed by atoms with Crippen molar-refractivity contribution in [3.63, 3.8) is 0 Å². The quantitative estimate of drug-likeness (QED) is 0.836. The summed E-state index contributed by atoms with van der Waals surface area (Å²) in [6, 6.07) is 15.9. The highest BCUT2D eigenvalue weighted by atomic mass is 16.5. The van der Waals surface area contributed by atoms with Crippen LogP contribution in [0.4, 0.5) is 11.4 Å². The van der Waals surface area contributed by atoms with E-state index in [1.165, 1.54) is 5.69 Å². The zero-order valence-electron chi connectivity index (χ0n) is 15.4. The first-order chi connectivity index (χ1) is 13.1. The predicted molar refractivity (Wildman–Crippen MR) is 104 cm³/mol. The summed E-state index contributed by atoms with van der Waals surface area (Å²) in [5, 5.41) is 0. The molecule has 2 aromatic rings. The van der Waals surface area contributed by atoms with Crippen LogP contribution >= 0.6 is 0 Å². The fourth-order valence-corrected chi connectivity index (χ4v) is 3.57. The average molecular weight is 365 g/mol. The molecular weight excluding hydrogens is 342 g/mol. The number of ether oxygens (including phenoxy) is 1. The summed E-state index contributed by atoms with van der Waals surface area (Å²) in [5.41, 5.74) is 2.91. The molecule has 0 unspecified atom stereocenters. The molecule has 1 fully saturated rings. The normalized spacial score (nSPS) is 16.8. The summed E-state index contributed by atoms with van der Waals surface area (Å²) in [4.78, 5) is 30.8. The van der Waals surface area contributed by atoms with Crippen molar-refractivity contribution in [2.24, 2.45) is 0 Å². The van der Waals surface area contributed by atoms with E-state index >= 15 is 0 Å². The molecule has 0 N–H and O–H groups in total. The number of para-hydroxylation sites is 1. The number of nitrogens with zero attached hydrogens (tertiary/aromatic N) is 3. The molecular formula is C21H23N3O3. The largest absolute Gasteiger partial charge is 0.482 e. The minimum absolute atomic E-state index is 0.0223. The van der Waals surface area contributed by atoms with Gasteiger partial charge in [0.2, 0.25) is 5.91 Å². The van der Waals surface area contributed by atoms with Crippen LogP contribution < -0.4 is 14.5 Å². The molecule has 0 bridgehead atoms. The van der Waals surface area contributed by atoms with Gasteiger partial charge in [0.05, 0.1) is 5.69 Å². The number of aryl methyl sites for hydroxylation is 1. The molecule has 4 rings (SSSR count). The first-order valence-corrected chi connectivity index (χ1v) is 9.23. The van der Waals surface area contributed by atoms with Crippen molar-refractivity contribution in [2.45, 2.75) is 6.92 Å². The van der Waals surface area contributed by atoms with Crippen molar-refractivity contribution in [1.29, 1.82) is 0 Å². The van der Waals surface area contributed by atoms with E-state index in [-0.39, 0.29) is 25.0 Å². The number of hydrogen-bond donors (Lipinski definition) is 0. The van der Waals surface area contributed by atoms with Crippen LogP contribution in [0.1, 0.15) is 5.56 Å². The van der Waals surface area contributed by atoms with E-state index in [1.54, 1.807) is 4.90 Å². The number of rotatable bonds is 3. The SMILES string of the molecule is Cc1ccc2c(c1)OCC(=O)N2CC(=O)N1CCN(c2ccccc2)CC1. The molecule has 0 spiro atoms. The lowest BCUT2D eigenvalue weighted by Crippen LogP contribution is -2.53. The number of benzene rings is 2. The molecule has 6 nitrogen and oxygen atoms in total. The number of amides is 2. The van der Waals surface area contributed by atoms with Crippen LogP contribution in [0, 0.1) is 6.92 Å². The highest BCUT2D eigenvalue weighted by Crippen LogP contribution is 2.32. The number of hydrogen-bond acceptors (Lipinski definition) is 4. The fourth-order valence-electron chi connectivity index (χ4n) is 3.57. The van der Waals surface area contributed by atoms with Crippen molar-refractivity contribution in [2.75, 3.05) is 49.1 Å². The van der Waals surface area contributed by atoms with E-state index < -0.39 is 0 Å². The van der Waals surface area contributed by atoms with Gasteiger partial charge in [-0.2, -0.15) is 0 Å². The Kier molecular flexibility index (Phi) is 4.71. The van der Waals surface area contributed by atoms with Gasteiger partial charge < -0.3 is 14.5 Å². The molecule has 0 aromatic heterocycles. The van der Waals surface area contributed by atoms with E-state index in [0.717, 1.165) is 18.7 Å². The van der Waals surface area contributed by atoms with E-state index in [9.17, 15) is 9.59 Å². The summed E-state index contributed by atoms with van der Waals surface area (Å²) >= 11 is 0. The van der Waals surface area contributed by atoms with Crippen molar-refractivity contribution >= 4 is 23.2 Å². The van der Waals surface area contributed by atoms with Crippen LogP contribution in [0.2, 0.25) is 0 Å². The lowest BCUT2D eigenvalue weighted by atomic mass is 10.1. The maximum atomic E-state index is 12.8. The van der Waals surface area contributed by atoms with Gasteiger partial charge in [-0.1, -0.05) is 24.3 Å². The van der Waals surface area contributed by atoms with Gasteiger partial charge in [-0.25, -0.2) is 0 Å². The Labute approximate surface area is 158 Å². The number of carbonyl (C=O) groups excluding carboxylic acids is 2. The second-order valence-electron chi connectivity index (χ2n) is 6.94. The van der Waals surface area contributed by atoms with Gasteiger partial charge in [-0.05, 0) is 36.8 Å². The summed E-state index contributed by atoms with van der Waals surface area (Å²) in [7, 11) is 0. The van der Waals surface area contributed by atoms with Gasteiger partial charge in [0.15, 0.2) is 6.61 Å². The van der Waals surface area contributed by atoms with Crippen LogP contribution in [0.3, 0.4) is 0 Å². The van der Waals surface area contributed by atoms with E-state index in [0.29, 0.717) is 24.5 Å². The van der Waals surface area contributed by atoms with Gasteiger partial charge in [-0.3, -0.25) is 14.5 Å². The Morgan fingerprint density at radius 1 is 1.04 bits per heavy atom. The van der Waals surface area contributed by atoms with Crippen LogP contribution in [-0.4, -0.2) is 56.0 Å². The van der Waals surface area contributed by atoms with Crippen LogP contribution in [0.15, 0.2) is 48.5 Å². The Balaban J connectivity index is 1.41. The maximum absolute atomic E-state index is 12.8. The third kappa shape index (κ3) is 3.60. The summed E-state index contributed by atoms with van der Waals surface area (Å²) in [6.07, 6.45) is 0. The molecule has 0 aliphatic carbocycles. The zero-order chi connectivity index (χ0) is 18.8. The molecule has 2 aliphatic heterocycles. The van der Waals surface area contributed by atoms with Crippen LogP contribution in [0.25, 0.3) is 0 Å². The Hall–Kier alpha value is -3.02. The molecule has 0 atom stereocenters. The topological polar surface area (TPSA) is 53.1 Å². The third-order valence-electron chi connectivity index (χ3n) is 5.11. The first-order valence-electron chi connectivity index (χ1n) is 9.23. The zero-order valence-corrected chi connectivity index (χ0v) is 15.4. The standard InChI is InChI=1S/C21H23N3O3/c1-16-7-8-18-19(13-16)27-15-21(26)24(18)14-20(25)23-11-9-22(10-12-23)17-5-3-2-4-6-17/h2-8,13H,9-12,14-15H2,1H3. The van der Waals surface area contributed by atoms with E-state index in [2.05, 4.69) is 17.0 Å². The molecule has 0 radical (unpaired) electrons. The van der Waals surface area contributed by atoms with E-state index in [1.807, 2.05) is 48.2 Å². The summed E-state index contributed by atoms with van der Waals surface area (Å²) < 4.78 is 5.51. The van der Waals surface area contributed by atoms with Gasteiger partial charge in [0, 0.05) is 31.9 Å². The average Bonchev–Trinajstić information content (AvgIpc) is 2.71. The van der Waals surface area contributed by atoms with Crippen molar-refractivity contribution < 1.29 is 14.3 Å². The highest BCUT2D eigenvalue weighted by molar-refractivity contribution is 6.02. The third-order valence-corrected chi connectivity index (χ3v) is 5.11. The summed E-state index contributed by atoms with van der Waals surface area (Å²) in [6.45, 7) is 4.92. The summed E-state index contributed by atoms with van der Waals surface area (Å²) in [5.74, 6) is 0.461. The molecule has 2 amide bonds. The lowest BCUT2D eigenvalue weighted by Gasteiger charge is -2.37. The van der Waals surface area contributed by atoms with Crippen molar-refractivity contribution in [1.82, 2.24) is 4.90 Å². The molecule has 140 valence electrons. The lowest BCUT2D eigenvalue weighted by molar-refractivity contribution is -0.132. The molecule has 27 heavy (non-hydrogen) atoms. The molecule has 2 aromatic carbocycles. The van der Waals surface area contributed by atoms with Gasteiger partial charge in [0.25, 0.3) is 5.91 Å². The van der Waals surface area contributed by atoms with Gasteiger partial charge in [0.1, 0.15) is 12.3 Å². The van der Waals surface area contributed by atoms with Gasteiger partial charge >= 0.3 is 0 Å². The van der Waals surface area contributed by atoms with E-state index in [4.69, 9.17) is 4.74 Å². The number of piperazine rings is 1. The number of carbonyl (C=O) groups is 2. The fraction of sp³-hybridized carbons (Fsp3) is 0.333. The Morgan fingerprint density at radius 3 is 2.52 bits per heavy atom. The van der Waals surface area contributed by atoms with Crippen LogP contribution in [0.5, 0.6) is 5.75 Å².